The molecule has 0 radical (unpaired) electrons. The number of nitrogens with zero attached hydrogens (tertiary/aromatic N) is 3. The van der Waals surface area contributed by atoms with Gasteiger partial charge in [0.25, 0.3) is 5.91 Å². The van der Waals surface area contributed by atoms with Crippen LogP contribution < -0.4 is 10.1 Å². The molecular formula is C35H48N4O8S. The largest absolute Gasteiger partial charge is 0.490 e. The summed E-state index contributed by atoms with van der Waals surface area (Å²) in [5.74, 6) is -0.374. The number of aromatic nitrogens is 1. The highest BCUT2D eigenvalue weighted by atomic mass is 32.2. The molecular weight excluding hydrogens is 636 g/mol. The molecule has 0 unspecified atom stereocenters. The number of aryl methyl sites for hydroxylation is 2. The first-order valence-electron chi connectivity index (χ1n) is 16.4. The zero-order chi connectivity index (χ0) is 35.0. The summed E-state index contributed by atoms with van der Waals surface area (Å²) >= 11 is 0. The quantitative estimate of drug-likeness (QED) is 0.330. The average molecular weight is 685 g/mol. The first-order chi connectivity index (χ1) is 22.8. The van der Waals surface area contributed by atoms with Crippen LogP contribution in [0.3, 0.4) is 0 Å². The lowest BCUT2D eigenvalue weighted by molar-refractivity contribution is -0.115. The van der Waals surface area contributed by atoms with Gasteiger partial charge in [-0.25, -0.2) is 8.42 Å². The van der Waals surface area contributed by atoms with Crippen molar-refractivity contribution in [1.82, 2.24) is 14.4 Å². The number of nitrogens with one attached hydrogen (secondary N) is 1. The fourth-order valence-corrected chi connectivity index (χ4v) is 7.27. The third kappa shape index (κ3) is 9.22. The van der Waals surface area contributed by atoms with E-state index in [0.717, 1.165) is 18.4 Å². The molecule has 12 nitrogen and oxygen atoms in total. The Balaban J connectivity index is 1.64. The van der Waals surface area contributed by atoms with Crippen LogP contribution in [0.5, 0.6) is 5.75 Å². The number of sulfonamides is 1. The molecule has 4 atom stereocenters. The predicted octanol–water partition coefficient (Wildman–Crippen LogP) is 4.59. The van der Waals surface area contributed by atoms with Gasteiger partial charge in [-0.1, -0.05) is 42.4 Å². The number of carbonyl (C=O) groups is 2. The number of anilines is 1. The van der Waals surface area contributed by atoms with E-state index in [1.54, 1.807) is 43.9 Å². The summed E-state index contributed by atoms with van der Waals surface area (Å²) in [5, 5.41) is 16.9. The molecule has 1 aliphatic rings. The molecule has 262 valence electrons. The van der Waals surface area contributed by atoms with Crippen molar-refractivity contribution in [3.63, 3.8) is 0 Å². The smallest absolute Gasteiger partial charge is 0.258 e. The van der Waals surface area contributed by atoms with Gasteiger partial charge in [-0.05, 0) is 70.7 Å². The highest BCUT2D eigenvalue weighted by Crippen LogP contribution is 2.29. The summed E-state index contributed by atoms with van der Waals surface area (Å²) in [5.41, 5.74) is 1.83. The number of fused-ring (bicyclic) bond motifs is 1. The molecule has 13 heteroatoms. The number of hydrogen-bond donors (Lipinski definition) is 2. The maximum Gasteiger partial charge on any atom is 0.258 e. The second-order valence-corrected chi connectivity index (χ2v) is 14.6. The van der Waals surface area contributed by atoms with Crippen molar-refractivity contribution >= 4 is 27.5 Å². The third-order valence-corrected chi connectivity index (χ3v) is 10.7. The number of hydrogen-bond acceptors (Lipinski definition) is 9. The SMILES string of the molecule is Cc1noc(C)c1S(=O)(=O)N(C)C[C@H]1OCCCC[C@H](C)Oc2ccc(NC(=O)Cc3ccccc3)cc2C(=O)N([C@@H](C)CO)C[C@H]1C. The average Bonchev–Trinajstić information content (AvgIpc) is 3.40. The van der Waals surface area contributed by atoms with Crippen LogP contribution in [0.4, 0.5) is 5.69 Å². The van der Waals surface area contributed by atoms with E-state index in [1.165, 1.54) is 11.4 Å². The standard InChI is InChI=1S/C35H48N4O8S/c1-23-20-39(24(2)22-40)35(42)30-19-29(36-33(41)18-28-13-8-7-9-14-28)15-16-31(30)46-25(3)12-10-11-17-45-32(23)21-38(6)48(43,44)34-26(4)37-47-27(34)5/h7-9,13-16,19,23-25,32,40H,10-12,17-18,20-22H2,1-6H3,(H,36,41)/t23-,24+,25+,32-/m1/s1. The molecule has 3 aromatic rings. The van der Waals surface area contributed by atoms with Gasteiger partial charge in [0, 0.05) is 38.3 Å². The molecule has 2 N–H and O–H groups in total. The van der Waals surface area contributed by atoms with Crippen molar-refractivity contribution in [3.8, 4) is 5.75 Å². The summed E-state index contributed by atoms with van der Waals surface area (Å²) in [4.78, 5) is 28.8. The zero-order valence-electron chi connectivity index (χ0n) is 28.6. The Labute approximate surface area is 283 Å². The Morgan fingerprint density at radius 2 is 1.88 bits per heavy atom. The molecule has 0 bridgehead atoms. The van der Waals surface area contributed by atoms with Crippen molar-refractivity contribution in [2.75, 3.05) is 38.7 Å². The van der Waals surface area contributed by atoms with Crippen molar-refractivity contribution in [2.24, 2.45) is 5.92 Å². The normalized spacial score (nSPS) is 20.5. The van der Waals surface area contributed by atoms with Crippen LogP contribution in [0.25, 0.3) is 0 Å². The van der Waals surface area contributed by atoms with Gasteiger partial charge in [-0.2, -0.15) is 4.31 Å². The monoisotopic (exact) mass is 684 g/mol. The van der Waals surface area contributed by atoms with Crippen molar-refractivity contribution in [1.29, 1.82) is 0 Å². The fourth-order valence-electron chi connectivity index (χ4n) is 5.80. The van der Waals surface area contributed by atoms with Gasteiger partial charge >= 0.3 is 0 Å². The van der Waals surface area contributed by atoms with Crippen LogP contribution >= 0.6 is 0 Å². The van der Waals surface area contributed by atoms with E-state index in [4.69, 9.17) is 14.0 Å². The lowest BCUT2D eigenvalue weighted by Crippen LogP contribution is -2.48. The van der Waals surface area contributed by atoms with Crippen LogP contribution in [0, 0.1) is 19.8 Å². The summed E-state index contributed by atoms with van der Waals surface area (Å²) in [6.07, 6.45) is 1.59. The van der Waals surface area contributed by atoms with Gasteiger partial charge in [-0.3, -0.25) is 9.59 Å². The van der Waals surface area contributed by atoms with Gasteiger partial charge < -0.3 is 29.3 Å². The van der Waals surface area contributed by atoms with E-state index < -0.39 is 28.1 Å². The van der Waals surface area contributed by atoms with E-state index >= 15 is 0 Å². The molecule has 1 aromatic heterocycles. The number of carbonyl (C=O) groups excluding carboxylic acids is 2. The summed E-state index contributed by atoms with van der Waals surface area (Å²) < 4.78 is 46.1. The van der Waals surface area contributed by atoms with Gasteiger partial charge in [0.15, 0.2) is 5.76 Å². The maximum absolute atomic E-state index is 14.4. The molecule has 0 saturated heterocycles. The molecule has 2 amide bonds. The van der Waals surface area contributed by atoms with E-state index in [9.17, 15) is 23.1 Å². The van der Waals surface area contributed by atoms with E-state index in [0.29, 0.717) is 24.5 Å². The second-order valence-electron chi connectivity index (χ2n) is 12.7. The summed E-state index contributed by atoms with van der Waals surface area (Å²) in [6.45, 7) is 9.00. The Bertz CT molecular complexity index is 1630. The molecule has 2 aromatic carbocycles. The minimum absolute atomic E-state index is 0.0246. The number of benzene rings is 2. The molecule has 48 heavy (non-hydrogen) atoms. The first-order valence-corrected chi connectivity index (χ1v) is 17.8. The number of aliphatic hydroxyl groups is 1. The Kier molecular flexibility index (Phi) is 12.8. The Morgan fingerprint density at radius 1 is 1.15 bits per heavy atom. The van der Waals surface area contributed by atoms with Crippen molar-refractivity contribution in [2.45, 2.75) is 83.4 Å². The Hall–Kier alpha value is -3.78. The van der Waals surface area contributed by atoms with E-state index in [2.05, 4.69) is 10.5 Å². The van der Waals surface area contributed by atoms with Gasteiger partial charge in [0.05, 0.1) is 36.8 Å². The van der Waals surface area contributed by atoms with E-state index in [-0.39, 0.29) is 66.0 Å². The van der Waals surface area contributed by atoms with Crippen LogP contribution in [0.1, 0.15) is 67.4 Å². The topological polar surface area (TPSA) is 152 Å². The summed E-state index contributed by atoms with van der Waals surface area (Å²) in [7, 11) is -2.45. The van der Waals surface area contributed by atoms with Crippen LogP contribution in [-0.4, -0.2) is 91.3 Å². The number of rotatable bonds is 9. The minimum Gasteiger partial charge on any atom is -0.490 e. The summed E-state index contributed by atoms with van der Waals surface area (Å²) in [6, 6.07) is 13.8. The molecule has 2 heterocycles. The number of amides is 2. The molecule has 0 saturated carbocycles. The molecule has 0 fully saturated rings. The van der Waals surface area contributed by atoms with E-state index in [1.807, 2.05) is 44.2 Å². The first kappa shape index (κ1) is 37.0. The van der Waals surface area contributed by atoms with Gasteiger partial charge in [0.2, 0.25) is 15.9 Å². The van der Waals surface area contributed by atoms with Crippen LogP contribution in [0.2, 0.25) is 0 Å². The Morgan fingerprint density at radius 3 is 2.54 bits per heavy atom. The molecule has 4 rings (SSSR count). The molecule has 0 aliphatic carbocycles. The van der Waals surface area contributed by atoms with Crippen LogP contribution in [0.15, 0.2) is 57.9 Å². The number of ether oxygens (including phenoxy) is 2. The van der Waals surface area contributed by atoms with Crippen molar-refractivity contribution in [3.05, 3.63) is 71.1 Å². The lowest BCUT2D eigenvalue weighted by Gasteiger charge is -2.35. The maximum atomic E-state index is 14.4. The minimum atomic E-state index is -3.94. The highest BCUT2D eigenvalue weighted by Gasteiger charge is 2.34. The molecule has 1 aliphatic heterocycles. The van der Waals surface area contributed by atoms with Gasteiger partial charge in [-0.15, -0.1) is 0 Å². The lowest BCUT2D eigenvalue weighted by atomic mass is 10.0. The third-order valence-electron chi connectivity index (χ3n) is 8.62. The number of aliphatic hydroxyl groups excluding tert-OH is 1. The predicted molar refractivity (Wildman–Crippen MR) is 181 cm³/mol. The van der Waals surface area contributed by atoms with Crippen molar-refractivity contribution < 1.29 is 37.1 Å². The highest BCUT2D eigenvalue weighted by molar-refractivity contribution is 7.89. The zero-order valence-corrected chi connectivity index (χ0v) is 29.5. The molecule has 0 spiro atoms. The fraction of sp³-hybridized carbons (Fsp3) is 0.514. The van der Waals surface area contributed by atoms with Crippen LogP contribution in [-0.2, 0) is 26.0 Å². The van der Waals surface area contributed by atoms with Gasteiger partial charge in [0.1, 0.15) is 16.3 Å². The number of likely N-dealkylation sites (N-methyl/N-ethyl adjacent to an activating group) is 1. The second kappa shape index (κ2) is 16.6.